The summed E-state index contributed by atoms with van der Waals surface area (Å²) < 4.78 is 2.99. The molecular formula is C27H26N2O3. The van der Waals surface area contributed by atoms with Crippen molar-refractivity contribution in [1.82, 2.24) is 9.13 Å². The van der Waals surface area contributed by atoms with Gasteiger partial charge >= 0.3 is 5.69 Å². The Hall–Kier alpha value is -3.73. The van der Waals surface area contributed by atoms with Crippen LogP contribution in [0.1, 0.15) is 47.7 Å². The molecule has 0 radical (unpaired) electrons. The third-order valence-corrected chi connectivity index (χ3v) is 5.89. The van der Waals surface area contributed by atoms with E-state index in [0.717, 1.165) is 11.1 Å². The minimum absolute atomic E-state index is 0.00977. The van der Waals surface area contributed by atoms with Crippen molar-refractivity contribution in [1.29, 1.82) is 0 Å². The van der Waals surface area contributed by atoms with Crippen LogP contribution in [0.4, 0.5) is 0 Å². The number of nitrogens with zero attached hydrogens (tertiary/aromatic N) is 2. The molecule has 5 heteroatoms. The lowest BCUT2D eigenvalue weighted by molar-refractivity contribution is 0.0988. The number of carbonyl (C=O) groups excluding carboxylic acids is 1. The van der Waals surface area contributed by atoms with Crippen LogP contribution in [0.25, 0.3) is 10.9 Å². The molecule has 0 saturated carbocycles. The third-order valence-electron chi connectivity index (χ3n) is 5.89. The van der Waals surface area contributed by atoms with E-state index in [1.807, 2.05) is 68.4 Å². The Morgan fingerprint density at radius 3 is 2.19 bits per heavy atom. The van der Waals surface area contributed by atoms with Gasteiger partial charge in [0.25, 0.3) is 5.56 Å². The fourth-order valence-corrected chi connectivity index (χ4v) is 4.03. The monoisotopic (exact) mass is 426 g/mol. The molecule has 4 aromatic rings. The van der Waals surface area contributed by atoms with Gasteiger partial charge in [0.05, 0.1) is 17.4 Å². The second kappa shape index (κ2) is 9.18. The van der Waals surface area contributed by atoms with E-state index in [-0.39, 0.29) is 23.0 Å². The third kappa shape index (κ3) is 4.19. The van der Waals surface area contributed by atoms with Gasteiger partial charge in [-0.1, -0.05) is 80.6 Å². The number of ketones is 1. The highest BCUT2D eigenvalue weighted by Gasteiger charge is 2.16. The summed E-state index contributed by atoms with van der Waals surface area (Å²) in [7, 11) is 0. The maximum atomic E-state index is 13.5. The number of hydrogen-bond donors (Lipinski definition) is 0. The lowest BCUT2D eigenvalue weighted by Crippen LogP contribution is -2.41. The summed E-state index contributed by atoms with van der Waals surface area (Å²) in [6, 6.07) is 24.4. The molecule has 5 nitrogen and oxygen atoms in total. The predicted octanol–water partition coefficient (Wildman–Crippen LogP) is 4.61. The second-order valence-electron chi connectivity index (χ2n) is 8.09. The van der Waals surface area contributed by atoms with Crippen molar-refractivity contribution in [3.63, 3.8) is 0 Å². The lowest BCUT2D eigenvalue weighted by Gasteiger charge is -2.17. The molecule has 1 aromatic heterocycles. The van der Waals surface area contributed by atoms with Gasteiger partial charge in [0.15, 0.2) is 5.78 Å². The van der Waals surface area contributed by atoms with E-state index in [1.54, 1.807) is 28.8 Å². The van der Waals surface area contributed by atoms with Crippen molar-refractivity contribution >= 4 is 16.7 Å². The average Bonchev–Trinajstić information content (AvgIpc) is 2.84. The van der Waals surface area contributed by atoms with Gasteiger partial charge in [0.2, 0.25) is 0 Å². The highest BCUT2D eigenvalue weighted by atomic mass is 16.2. The smallest absolute Gasteiger partial charge is 0.294 e. The summed E-state index contributed by atoms with van der Waals surface area (Å²) >= 11 is 0. The van der Waals surface area contributed by atoms with Gasteiger partial charge in [-0.2, -0.15) is 0 Å². The maximum absolute atomic E-state index is 13.5. The lowest BCUT2D eigenvalue weighted by atomic mass is 10.0. The van der Waals surface area contributed by atoms with Crippen LogP contribution >= 0.6 is 0 Å². The molecule has 32 heavy (non-hydrogen) atoms. The van der Waals surface area contributed by atoms with Gasteiger partial charge in [-0.25, -0.2) is 4.79 Å². The number of para-hydroxylation sites is 1. The molecule has 0 amide bonds. The minimum atomic E-state index is -0.329. The molecule has 0 fully saturated rings. The largest absolute Gasteiger partial charge is 0.331 e. The summed E-state index contributed by atoms with van der Waals surface area (Å²) in [5, 5.41) is 0.519. The zero-order chi connectivity index (χ0) is 22.7. The van der Waals surface area contributed by atoms with E-state index in [4.69, 9.17) is 0 Å². The van der Waals surface area contributed by atoms with Gasteiger partial charge in [0.1, 0.15) is 0 Å². The first-order valence-corrected chi connectivity index (χ1v) is 10.9. The van der Waals surface area contributed by atoms with E-state index >= 15 is 0 Å². The molecule has 1 unspecified atom stereocenters. The van der Waals surface area contributed by atoms with Crippen molar-refractivity contribution in [2.45, 2.75) is 39.3 Å². The molecule has 0 N–H and O–H groups in total. The van der Waals surface area contributed by atoms with Crippen LogP contribution in [0.15, 0.2) is 88.5 Å². The normalized spacial score (nSPS) is 12.1. The Bertz CT molecular complexity index is 1370. The van der Waals surface area contributed by atoms with Crippen molar-refractivity contribution in [3.8, 4) is 0 Å². The number of hydrogen-bond acceptors (Lipinski definition) is 3. The zero-order valence-corrected chi connectivity index (χ0v) is 18.3. The molecule has 0 bridgehead atoms. The molecule has 0 spiro atoms. The van der Waals surface area contributed by atoms with Crippen LogP contribution in [-0.4, -0.2) is 14.9 Å². The van der Waals surface area contributed by atoms with Gasteiger partial charge in [-0.3, -0.25) is 18.7 Å². The molecule has 0 aliphatic heterocycles. The SMILES string of the molecule is CCC(=O)c1ccc(Cn2c(=O)n(CC(C)c3ccccc3)c(=O)c3ccccc32)cc1. The molecule has 0 aliphatic rings. The van der Waals surface area contributed by atoms with Crippen molar-refractivity contribution < 1.29 is 4.79 Å². The highest BCUT2D eigenvalue weighted by molar-refractivity contribution is 5.95. The van der Waals surface area contributed by atoms with E-state index in [9.17, 15) is 14.4 Å². The van der Waals surface area contributed by atoms with Gasteiger partial charge in [0, 0.05) is 18.5 Å². The van der Waals surface area contributed by atoms with E-state index in [0.29, 0.717) is 36.0 Å². The second-order valence-corrected chi connectivity index (χ2v) is 8.09. The molecule has 3 aromatic carbocycles. The molecule has 4 rings (SSSR count). The van der Waals surface area contributed by atoms with Crippen LogP contribution in [-0.2, 0) is 13.1 Å². The maximum Gasteiger partial charge on any atom is 0.331 e. The molecule has 1 atom stereocenters. The van der Waals surface area contributed by atoms with Crippen LogP contribution in [0.2, 0.25) is 0 Å². The number of carbonyl (C=O) groups is 1. The van der Waals surface area contributed by atoms with Crippen LogP contribution in [0.3, 0.4) is 0 Å². The molecular weight excluding hydrogens is 400 g/mol. The van der Waals surface area contributed by atoms with E-state index < -0.39 is 0 Å². The Morgan fingerprint density at radius 2 is 1.50 bits per heavy atom. The summed E-state index contributed by atoms with van der Waals surface area (Å²) in [4.78, 5) is 38.6. The molecule has 1 heterocycles. The number of benzene rings is 3. The van der Waals surface area contributed by atoms with Crippen molar-refractivity contribution in [2.24, 2.45) is 0 Å². The van der Waals surface area contributed by atoms with E-state index in [1.165, 1.54) is 4.57 Å². The molecule has 162 valence electrons. The fourth-order valence-electron chi connectivity index (χ4n) is 4.03. The van der Waals surface area contributed by atoms with Gasteiger partial charge < -0.3 is 0 Å². The summed E-state index contributed by atoms with van der Waals surface area (Å²) in [6.45, 7) is 4.47. The number of rotatable bonds is 7. The first-order chi connectivity index (χ1) is 15.5. The van der Waals surface area contributed by atoms with Crippen LogP contribution in [0.5, 0.6) is 0 Å². The van der Waals surface area contributed by atoms with Crippen LogP contribution < -0.4 is 11.2 Å². The predicted molar refractivity (Wildman–Crippen MR) is 127 cm³/mol. The van der Waals surface area contributed by atoms with Crippen molar-refractivity contribution in [3.05, 3.63) is 116 Å². The standard InChI is InChI=1S/C27H26N2O3/c1-3-25(30)22-15-13-20(14-16-22)18-28-24-12-8-7-11-23(24)26(31)29(27(28)32)17-19(2)21-9-5-4-6-10-21/h4-16,19H,3,17-18H2,1-2H3. The number of Topliss-reactive ketones (excluding diaryl/α,β-unsaturated/α-hetero) is 1. The summed E-state index contributed by atoms with van der Waals surface area (Å²) in [5.41, 5.74) is 2.65. The molecule has 0 aliphatic carbocycles. The molecule has 0 saturated heterocycles. The number of fused-ring (bicyclic) bond motifs is 1. The van der Waals surface area contributed by atoms with Gasteiger partial charge in [-0.05, 0) is 29.2 Å². The first-order valence-electron chi connectivity index (χ1n) is 10.9. The Kier molecular flexibility index (Phi) is 6.17. The van der Waals surface area contributed by atoms with Crippen LogP contribution in [0, 0.1) is 0 Å². The average molecular weight is 427 g/mol. The highest BCUT2D eigenvalue weighted by Crippen LogP contribution is 2.17. The summed E-state index contributed by atoms with van der Waals surface area (Å²) in [6.07, 6.45) is 0.452. The Morgan fingerprint density at radius 1 is 0.844 bits per heavy atom. The van der Waals surface area contributed by atoms with Gasteiger partial charge in [-0.15, -0.1) is 0 Å². The number of aromatic nitrogens is 2. The minimum Gasteiger partial charge on any atom is -0.294 e. The zero-order valence-electron chi connectivity index (χ0n) is 18.3. The first kappa shape index (κ1) is 21.5. The Labute approximate surface area is 186 Å². The fraction of sp³-hybridized carbons (Fsp3) is 0.222. The quantitative estimate of drug-likeness (QED) is 0.406. The topological polar surface area (TPSA) is 61.1 Å². The van der Waals surface area contributed by atoms with Crippen molar-refractivity contribution in [2.75, 3.05) is 0 Å². The Balaban J connectivity index is 1.77. The summed E-state index contributed by atoms with van der Waals surface area (Å²) in [5.74, 6) is 0.0955. The van der Waals surface area contributed by atoms with E-state index in [2.05, 4.69) is 0 Å².